The van der Waals surface area contributed by atoms with Gasteiger partial charge in [-0.2, -0.15) is 0 Å². The lowest BCUT2D eigenvalue weighted by Crippen LogP contribution is -2.32. The largest absolute Gasteiger partial charge is 0.452 e. The molecule has 2 aromatic carbocycles. The first-order valence-corrected chi connectivity index (χ1v) is 9.19. The van der Waals surface area contributed by atoms with Crippen molar-refractivity contribution in [1.82, 2.24) is 5.32 Å². The third kappa shape index (κ3) is 5.59. The van der Waals surface area contributed by atoms with E-state index in [1.54, 1.807) is 18.2 Å². The Bertz CT molecular complexity index is 760. The molecule has 0 fully saturated rings. The normalized spacial score (nSPS) is 11.5. The minimum Gasteiger partial charge on any atom is -0.452 e. The summed E-state index contributed by atoms with van der Waals surface area (Å²) in [6.07, 6.45) is 0.742. The molecular weight excluding hydrogens is 396 g/mol. The van der Waals surface area contributed by atoms with Gasteiger partial charge in [-0.3, -0.25) is 4.79 Å². The number of carbonyl (C=O) groups excluding carboxylic acids is 2. The van der Waals surface area contributed by atoms with Crippen LogP contribution in [0.2, 0.25) is 0 Å². The maximum Gasteiger partial charge on any atom is 0.338 e. The number of nitrogens with zero attached hydrogens (tertiary/aromatic N) is 1. The third-order valence-corrected chi connectivity index (χ3v) is 4.48. The molecule has 2 rings (SSSR count). The lowest BCUT2D eigenvalue weighted by molar-refractivity contribution is -0.125. The van der Waals surface area contributed by atoms with Gasteiger partial charge in [0.2, 0.25) is 0 Å². The van der Waals surface area contributed by atoms with Gasteiger partial charge in [0.1, 0.15) is 0 Å². The van der Waals surface area contributed by atoms with Crippen molar-refractivity contribution in [1.29, 1.82) is 0 Å². The van der Waals surface area contributed by atoms with Crippen molar-refractivity contribution in [2.45, 2.75) is 19.4 Å². The third-order valence-electron chi connectivity index (χ3n) is 3.95. The number of nitrogens with one attached hydrogen (secondary N) is 1. The van der Waals surface area contributed by atoms with Gasteiger partial charge < -0.3 is 15.0 Å². The van der Waals surface area contributed by atoms with E-state index >= 15 is 0 Å². The number of anilines is 1. The first-order valence-electron chi connectivity index (χ1n) is 8.40. The lowest BCUT2D eigenvalue weighted by Gasteiger charge is -2.18. The zero-order valence-corrected chi connectivity index (χ0v) is 16.7. The van der Waals surface area contributed by atoms with Crippen molar-refractivity contribution < 1.29 is 14.3 Å². The molecular formula is C20H23BrN2O3. The fourth-order valence-corrected chi connectivity index (χ4v) is 2.74. The van der Waals surface area contributed by atoms with Crippen molar-refractivity contribution in [2.75, 3.05) is 25.6 Å². The van der Waals surface area contributed by atoms with Gasteiger partial charge in [-0.05, 0) is 42.3 Å². The van der Waals surface area contributed by atoms with Crippen LogP contribution in [0, 0.1) is 0 Å². The molecule has 0 aliphatic heterocycles. The van der Waals surface area contributed by atoms with Gasteiger partial charge >= 0.3 is 5.97 Å². The summed E-state index contributed by atoms with van der Waals surface area (Å²) in [6.45, 7) is 1.68. The Morgan fingerprint density at radius 2 is 1.85 bits per heavy atom. The Labute approximate surface area is 162 Å². The zero-order valence-electron chi connectivity index (χ0n) is 15.2. The summed E-state index contributed by atoms with van der Waals surface area (Å²) in [4.78, 5) is 26.2. The van der Waals surface area contributed by atoms with Crippen molar-refractivity contribution in [3.05, 3.63) is 64.1 Å². The average Bonchev–Trinajstić information content (AvgIpc) is 2.65. The number of hydrogen-bond acceptors (Lipinski definition) is 4. The molecule has 138 valence electrons. The van der Waals surface area contributed by atoms with Crippen LogP contribution < -0.4 is 10.2 Å². The Kier molecular flexibility index (Phi) is 7.21. The van der Waals surface area contributed by atoms with Crippen LogP contribution in [0.15, 0.2) is 53.0 Å². The van der Waals surface area contributed by atoms with Crippen LogP contribution in [-0.4, -0.2) is 32.6 Å². The van der Waals surface area contributed by atoms with Crippen molar-refractivity contribution in [2.24, 2.45) is 0 Å². The quantitative estimate of drug-likeness (QED) is 0.691. The monoisotopic (exact) mass is 418 g/mol. The van der Waals surface area contributed by atoms with Gasteiger partial charge in [-0.25, -0.2) is 4.79 Å². The molecule has 0 aliphatic rings. The molecule has 2 aromatic rings. The molecule has 0 spiro atoms. The molecule has 1 amide bonds. The molecule has 0 aromatic heterocycles. The average molecular weight is 419 g/mol. The van der Waals surface area contributed by atoms with Crippen LogP contribution in [0.3, 0.4) is 0 Å². The first-order chi connectivity index (χ1) is 12.4. The van der Waals surface area contributed by atoms with E-state index in [9.17, 15) is 9.59 Å². The molecule has 0 bridgehead atoms. The van der Waals surface area contributed by atoms with Crippen LogP contribution in [0.25, 0.3) is 0 Å². The standard InChI is InChI=1S/C20H23BrN2O3/c1-4-18(14-8-10-16(21)11-9-14)22-19(24)13-26-20(25)15-6-5-7-17(12-15)23(2)3/h5-12,18H,4,13H2,1-3H3,(H,22,24)/t18-/m0/s1. The van der Waals surface area contributed by atoms with E-state index in [2.05, 4.69) is 21.2 Å². The number of hydrogen-bond donors (Lipinski definition) is 1. The highest BCUT2D eigenvalue weighted by Crippen LogP contribution is 2.19. The highest BCUT2D eigenvalue weighted by Gasteiger charge is 2.15. The van der Waals surface area contributed by atoms with E-state index in [0.717, 1.165) is 22.1 Å². The van der Waals surface area contributed by atoms with Gasteiger partial charge in [0.15, 0.2) is 6.61 Å². The van der Waals surface area contributed by atoms with E-state index in [1.807, 2.05) is 56.3 Å². The molecule has 0 saturated carbocycles. The molecule has 0 unspecified atom stereocenters. The molecule has 1 N–H and O–H groups in total. The molecule has 1 atom stereocenters. The second-order valence-corrected chi connectivity index (χ2v) is 7.02. The summed E-state index contributed by atoms with van der Waals surface area (Å²) in [5.41, 5.74) is 2.32. The molecule has 0 aliphatic carbocycles. The Morgan fingerprint density at radius 1 is 1.15 bits per heavy atom. The van der Waals surface area contributed by atoms with Gasteiger partial charge in [-0.1, -0.05) is 41.1 Å². The topological polar surface area (TPSA) is 58.6 Å². The summed E-state index contributed by atoms with van der Waals surface area (Å²) in [7, 11) is 3.79. The Balaban J connectivity index is 1.92. The van der Waals surface area contributed by atoms with Crippen molar-refractivity contribution in [3.8, 4) is 0 Å². The van der Waals surface area contributed by atoms with E-state index in [1.165, 1.54) is 0 Å². The first kappa shape index (κ1) is 20.0. The Morgan fingerprint density at radius 3 is 2.46 bits per heavy atom. The predicted molar refractivity (Wildman–Crippen MR) is 106 cm³/mol. The minimum atomic E-state index is -0.513. The van der Waals surface area contributed by atoms with Gasteiger partial charge in [0.25, 0.3) is 5.91 Å². The van der Waals surface area contributed by atoms with Crippen LogP contribution in [-0.2, 0) is 9.53 Å². The van der Waals surface area contributed by atoms with Crippen LogP contribution in [0.4, 0.5) is 5.69 Å². The highest BCUT2D eigenvalue weighted by molar-refractivity contribution is 9.10. The number of benzene rings is 2. The predicted octanol–water partition coefficient (Wildman–Crippen LogP) is 3.94. The fraction of sp³-hybridized carbons (Fsp3) is 0.300. The van der Waals surface area contributed by atoms with E-state index in [4.69, 9.17) is 4.74 Å². The van der Waals surface area contributed by atoms with Crippen molar-refractivity contribution in [3.63, 3.8) is 0 Å². The number of carbonyl (C=O) groups is 2. The van der Waals surface area contributed by atoms with E-state index in [0.29, 0.717) is 5.56 Å². The molecule has 26 heavy (non-hydrogen) atoms. The molecule has 5 nitrogen and oxygen atoms in total. The summed E-state index contributed by atoms with van der Waals surface area (Å²) >= 11 is 3.40. The smallest absolute Gasteiger partial charge is 0.338 e. The van der Waals surface area contributed by atoms with Crippen molar-refractivity contribution >= 4 is 33.5 Å². The Hall–Kier alpha value is -2.34. The number of rotatable bonds is 7. The fourth-order valence-electron chi connectivity index (χ4n) is 2.48. The summed E-state index contributed by atoms with van der Waals surface area (Å²) < 4.78 is 6.13. The highest BCUT2D eigenvalue weighted by atomic mass is 79.9. The van der Waals surface area contributed by atoms with Gasteiger partial charge in [0.05, 0.1) is 11.6 Å². The molecule has 0 heterocycles. The van der Waals surface area contributed by atoms with E-state index in [-0.39, 0.29) is 18.6 Å². The molecule has 0 saturated heterocycles. The maximum atomic E-state index is 12.2. The molecule has 6 heteroatoms. The maximum absolute atomic E-state index is 12.2. The van der Waals surface area contributed by atoms with Crippen LogP contribution in [0.1, 0.15) is 35.3 Å². The summed E-state index contributed by atoms with van der Waals surface area (Å²) in [5.74, 6) is -0.836. The SMILES string of the molecule is CC[C@H](NC(=O)COC(=O)c1cccc(N(C)C)c1)c1ccc(Br)cc1. The second kappa shape index (κ2) is 9.38. The minimum absolute atomic E-state index is 0.119. The van der Waals surface area contributed by atoms with Gasteiger partial charge in [0, 0.05) is 24.3 Å². The van der Waals surface area contributed by atoms with Crippen LogP contribution >= 0.6 is 15.9 Å². The number of ether oxygens (including phenoxy) is 1. The summed E-state index contributed by atoms with van der Waals surface area (Å²) in [5, 5.41) is 2.90. The zero-order chi connectivity index (χ0) is 19.1. The molecule has 0 radical (unpaired) electrons. The second-order valence-electron chi connectivity index (χ2n) is 6.10. The number of esters is 1. The van der Waals surface area contributed by atoms with Gasteiger partial charge in [-0.15, -0.1) is 0 Å². The number of amides is 1. The van der Waals surface area contributed by atoms with Crippen LogP contribution in [0.5, 0.6) is 0 Å². The lowest BCUT2D eigenvalue weighted by atomic mass is 10.0. The number of halogens is 1. The summed E-state index contributed by atoms with van der Waals surface area (Å²) in [6, 6.07) is 14.7. The van der Waals surface area contributed by atoms with E-state index < -0.39 is 5.97 Å².